The molecule has 0 aliphatic rings. The van der Waals surface area contributed by atoms with Crippen LogP contribution < -0.4 is 11.1 Å². The number of nitrogen functional groups attached to an aromatic ring is 1. The molecule has 0 saturated carbocycles. The number of hydrogen-bond donors (Lipinski definition) is 2. The van der Waals surface area contributed by atoms with Crippen LogP contribution in [0.4, 0.5) is 5.69 Å². The fraction of sp³-hybridized carbons (Fsp3) is 0.500. The first kappa shape index (κ1) is 13.6. The maximum atomic E-state index is 11.6. The van der Waals surface area contributed by atoms with E-state index in [1.807, 2.05) is 45.0 Å². The third-order valence-corrected chi connectivity index (χ3v) is 2.52. The summed E-state index contributed by atoms with van der Waals surface area (Å²) in [5, 5.41) is 3.00. The van der Waals surface area contributed by atoms with Crippen LogP contribution >= 0.6 is 0 Å². The number of anilines is 1. The minimum Gasteiger partial charge on any atom is -0.399 e. The molecule has 1 amide bonds. The highest BCUT2D eigenvalue weighted by Gasteiger charge is 2.09. The molecule has 0 heterocycles. The molecule has 1 atom stereocenters. The van der Waals surface area contributed by atoms with Crippen molar-refractivity contribution in [1.82, 2.24) is 5.32 Å². The fourth-order valence-electron chi connectivity index (χ4n) is 1.76. The highest BCUT2D eigenvalue weighted by Crippen LogP contribution is 2.08. The molecule has 3 N–H and O–H groups in total. The van der Waals surface area contributed by atoms with E-state index in [1.54, 1.807) is 0 Å². The van der Waals surface area contributed by atoms with E-state index in [1.165, 1.54) is 5.56 Å². The van der Waals surface area contributed by atoms with Crippen LogP contribution in [0.25, 0.3) is 0 Å². The lowest BCUT2D eigenvalue weighted by molar-refractivity contribution is -0.122. The van der Waals surface area contributed by atoms with E-state index in [0.717, 1.165) is 12.1 Å². The maximum Gasteiger partial charge on any atom is 0.220 e. The number of benzene rings is 1. The second-order valence-corrected chi connectivity index (χ2v) is 5.01. The van der Waals surface area contributed by atoms with Crippen molar-refractivity contribution in [2.24, 2.45) is 5.92 Å². The average Bonchev–Trinajstić information content (AvgIpc) is 2.19. The summed E-state index contributed by atoms with van der Waals surface area (Å²) in [6.07, 6.45) is 1.43. The Bertz CT molecular complexity index is 357. The van der Waals surface area contributed by atoms with E-state index in [-0.39, 0.29) is 11.9 Å². The molecule has 0 fully saturated rings. The van der Waals surface area contributed by atoms with E-state index < -0.39 is 0 Å². The van der Waals surface area contributed by atoms with E-state index in [9.17, 15) is 4.79 Å². The number of hydrogen-bond acceptors (Lipinski definition) is 2. The summed E-state index contributed by atoms with van der Waals surface area (Å²) in [6.45, 7) is 6.11. The number of carbonyl (C=O) groups is 1. The molecule has 0 aliphatic heterocycles. The molecule has 0 bridgehead atoms. The lowest BCUT2D eigenvalue weighted by atomic mass is 10.1. The molecule has 0 aliphatic carbocycles. The molecular formula is C14H22N2O. The molecule has 3 nitrogen and oxygen atoms in total. The van der Waals surface area contributed by atoms with Gasteiger partial charge in [-0.3, -0.25) is 4.79 Å². The van der Waals surface area contributed by atoms with Gasteiger partial charge in [0.15, 0.2) is 0 Å². The molecule has 1 aromatic rings. The highest BCUT2D eigenvalue weighted by atomic mass is 16.1. The van der Waals surface area contributed by atoms with Crippen molar-refractivity contribution < 1.29 is 4.79 Å². The van der Waals surface area contributed by atoms with Crippen molar-refractivity contribution in [2.75, 3.05) is 5.73 Å². The maximum absolute atomic E-state index is 11.6. The average molecular weight is 234 g/mol. The summed E-state index contributed by atoms with van der Waals surface area (Å²) >= 11 is 0. The quantitative estimate of drug-likeness (QED) is 0.768. The molecule has 0 saturated heterocycles. The van der Waals surface area contributed by atoms with E-state index in [2.05, 4.69) is 5.32 Å². The van der Waals surface area contributed by atoms with Gasteiger partial charge in [0.25, 0.3) is 0 Å². The van der Waals surface area contributed by atoms with Crippen LogP contribution in [0.5, 0.6) is 0 Å². The lowest BCUT2D eigenvalue weighted by Crippen LogP contribution is -2.34. The first-order valence-electron chi connectivity index (χ1n) is 6.11. The Morgan fingerprint density at radius 1 is 1.24 bits per heavy atom. The van der Waals surface area contributed by atoms with Gasteiger partial charge in [0, 0.05) is 18.2 Å². The van der Waals surface area contributed by atoms with Gasteiger partial charge >= 0.3 is 0 Å². The summed E-state index contributed by atoms with van der Waals surface area (Å²) in [5.74, 6) is 0.529. The summed E-state index contributed by atoms with van der Waals surface area (Å²) in [7, 11) is 0. The Balaban J connectivity index is 2.41. The van der Waals surface area contributed by atoms with Gasteiger partial charge < -0.3 is 11.1 Å². The zero-order valence-electron chi connectivity index (χ0n) is 10.9. The Morgan fingerprint density at radius 2 is 1.82 bits per heavy atom. The molecule has 1 rings (SSSR count). The summed E-state index contributed by atoms with van der Waals surface area (Å²) in [4.78, 5) is 11.6. The Labute approximate surface area is 103 Å². The van der Waals surface area contributed by atoms with Crippen LogP contribution in [-0.2, 0) is 11.2 Å². The molecule has 0 aromatic heterocycles. The monoisotopic (exact) mass is 234 g/mol. The Morgan fingerprint density at radius 3 is 2.35 bits per heavy atom. The topological polar surface area (TPSA) is 55.1 Å². The predicted octanol–water partition coefficient (Wildman–Crippen LogP) is 2.36. The van der Waals surface area contributed by atoms with Crippen LogP contribution in [0.3, 0.4) is 0 Å². The first-order chi connectivity index (χ1) is 7.97. The van der Waals surface area contributed by atoms with Gasteiger partial charge in [-0.25, -0.2) is 0 Å². The summed E-state index contributed by atoms with van der Waals surface area (Å²) in [6, 6.07) is 7.93. The summed E-state index contributed by atoms with van der Waals surface area (Å²) < 4.78 is 0. The third-order valence-electron chi connectivity index (χ3n) is 2.52. The van der Waals surface area contributed by atoms with Gasteiger partial charge in [-0.05, 0) is 37.0 Å². The standard InChI is InChI=1S/C14H22N2O/c1-10(2)8-14(17)16-11(3)9-12-4-6-13(15)7-5-12/h4-7,10-11H,8-9,15H2,1-3H3,(H,16,17). The minimum absolute atomic E-state index is 0.128. The minimum atomic E-state index is 0.128. The number of carbonyl (C=O) groups excluding carboxylic acids is 1. The van der Waals surface area contributed by atoms with E-state index in [0.29, 0.717) is 12.3 Å². The van der Waals surface area contributed by atoms with Gasteiger partial charge in [-0.2, -0.15) is 0 Å². The molecule has 0 radical (unpaired) electrons. The molecule has 17 heavy (non-hydrogen) atoms. The zero-order valence-corrected chi connectivity index (χ0v) is 10.9. The Kier molecular flexibility index (Phi) is 5.01. The molecule has 3 heteroatoms. The Hall–Kier alpha value is -1.51. The zero-order chi connectivity index (χ0) is 12.8. The highest BCUT2D eigenvalue weighted by molar-refractivity contribution is 5.76. The van der Waals surface area contributed by atoms with Gasteiger partial charge in [-0.1, -0.05) is 26.0 Å². The van der Waals surface area contributed by atoms with Crippen molar-refractivity contribution in [3.63, 3.8) is 0 Å². The van der Waals surface area contributed by atoms with Crippen LogP contribution in [-0.4, -0.2) is 11.9 Å². The van der Waals surface area contributed by atoms with Crippen molar-refractivity contribution in [2.45, 2.75) is 39.7 Å². The molecular weight excluding hydrogens is 212 g/mol. The molecule has 94 valence electrons. The normalized spacial score (nSPS) is 12.5. The number of rotatable bonds is 5. The summed E-state index contributed by atoms with van der Waals surface area (Å²) in [5.41, 5.74) is 7.58. The number of nitrogens with two attached hydrogens (primary N) is 1. The van der Waals surface area contributed by atoms with Crippen molar-refractivity contribution >= 4 is 11.6 Å². The fourth-order valence-corrected chi connectivity index (χ4v) is 1.76. The van der Waals surface area contributed by atoms with Gasteiger partial charge in [0.05, 0.1) is 0 Å². The SMILES string of the molecule is CC(C)CC(=O)NC(C)Cc1ccc(N)cc1. The van der Waals surface area contributed by atoms with Gasteiger partial charge in [-0.15, -0.1) is 0 Å². The van der Waals surface area contributed by atoms with E-state index >= 15 is 0 Å². The molecule has 0 spiro atoms. The van der Waals surface area contributed by atoms with Gasteiger partial charge in [0.1, 0.15) is 0 Å². The van der Waals surface area contributed by atoms with Crippen molar-refractivity contribution in [1.29, 1.82) is 0 Å². The molecule has 1 unspecified atom stereocenters. The van der Waals surface area contributed by atoms with E-state index in [4.69, 9.17) is 5.73 Å². The lowest BCUT2D eigenvalue weighted by Gasteiger charge is -2.15. The second kappa shape index (κ2) is 6.28. The molecule has 1 aromatic carbocycles. The predicted molar refractivity (Wildman–Crippen MR) is 71.6 cm³/mol. The second-order valence-electron chi connectivity index (χ2n) is 5.01. The van der Waals surface area contributed by atoms with Crippen molar-refractivity contribution in [3.8, 4) is 0 Å². The van der Waals surface area contributed by atoms with Gasteiger partial charge in [0.2, 0.25) is 5.91 Å². The van der Waals surface area contributed by atoms with Crippen LogP contribution in [0.1, 0.15) is 32.8 Å². The third kappa shape index (κ3) is 5.38. The van der Waals surface area contributed by atoms with Crippen LogP contribution in [0, 0.1) is 5.92 Å². The van der Waals surface area contributed by atoms with Crippen LogP contribution in [0.2, 0.25) is 0 Å². The van der Waals surface area contributed by atoms with Crippen molar-refractivity contribution in [3.05, 3.63) is 29.8 Å². The first-order valence-corrected chi connectivity index (χ1v) is 6.11. The largest absolute Gasteiger partial charge is 0.399 e. The smallest absolute Gasteiger partial charge is 0.220 e. The number of nitrogens with one attached hydrogen (secondary N) is 1. The van der Waals surface area contributed by atoms with Crippen LogP contribution in [0.15, 0.2) is 24.3 Å². The number of amides is 1.